The molecule has 1 saturated heterocycles. The summed E-state index contributed by atoms with van der Waals surface area (Å²) in [6.07, 6.45) is 2.25. The van der Waals surface area contributed by atoms with Gasteiger partial charge in [-0.05, 0) is 42.3 Å². The Labute approximate surface area is 157 Å². The van der Waals surface area contributed by atoms with Crippen LogP contribution in [0, 0.1) is 0 Å². The number of amides is 1. The molecule has 0 bridgehead atoms. The lowest BCUT2D eigenvalue weighted by molar-refractivity contribution is -0.122. The number of nitrogens with one attached hydrogen (secondary N) is 1. The van der Waals surface area contributed by atoms with E-state index in [9.17, 15) is 13.2 Å². The van der Waals surface area contributed by atoms with E-state index in [1.165, 1.54) is 22.7 Å². The minimum atomic E-state index is -3.70. The number of carbonyl (C=O) groups excluding carboxylic acids is 1. The van der Waals surface area contributed by atoms with Crippen LogP contribution in [0.4, 0.5) is 5.69 Å². The maximum absolute atomic E-state index is 13.3. The molecule has 4 rings (SSSR count). The van der Waals surface area contributed by atoms with Gasteiger partial charge in [0.2, 0.25) is 5.91 Å². The summed E-state index contributed by atoms with van der Waals surface area (Å²) in [7, 11) is -2.23. The summed E-state index contributed by atoms with van der Waals surface area (Å²) >= 11 is 1.50. The molecule has 1 fully saturated rings. The largest absolute Gasteiger partial charge is 0.311 e. The Bertz CT molecular complexity index is 912. The van der Waals surface area contributed by atoms with Crippen molar-refractivity contribution in [2.24, 2.45) is 0 Å². The highest BCUT2D eigenvalue weighted by Gasteiger charge is 2.43. The molecule has 2 aliphatic rings. The average molecular weight is 392 g/mol. The SMILES string of the molecule is CN1C(C(=O)N2CCCc3ccccc32)CC(c2cccs2)NS1(=O)=O. The molecule has 8 heteroatoms. The third-order valence-corrected chi connectivity index (χ3v) is 7.70. The Morgan fingerprint density at radius 3 is 2.81 bits per heavy atom. The molecule has 26 heavy (non-hydrogen) atoms. The molecule has 2 unspecified atom stereocenters. The molecular formula is C18H21N3O3S2. The number of thiophene rings is 1. The lowest BCUT2D eigenvalue weighted by Gasteiger charge is -2.39. The summed E-state index contributed by atoms with van der Waals surface area (Å²) in [6, 6.07) is 10.6. The van der Waals surface area contributed by atoms with Crippen LogP contribution in [0.3, 0.4) is 0 Å². The fourth-order valence-electron chi connectivity index (χ4n) is 3.71. The lowest BCUT2D eigenvalue weighted by atomic mass is 9.99. The van der Waals surface area contributed by atoms with Crippen LogP contribution in [0.5, 0.6) is 0 Å². The van der Waals surface area contributed by atoms with Crippen molar-refractivity contribution in [3.63, 3.8) is 0 Å². The monoisotopic (exact) mass is 391 g/mol. The van der Waals surface area contributed by atoms with Gasteiger partial charge < -0.3 is 4.90 Å². The summed E-state index contributed by atoms with van der Waals surface area (Å²) in [5.41, 5.74) is 2.04. The summed E-state index contributed by atoms with van der Waals surface area (Å²) < 4.78 is 29.0. The number of carbonyl (C=O) groups is 1. The standard InChI is InChI=1S/C18H21N3O3S2/c1-20-16(12-14(19-26(20,23)24)17-9-5-11-25-17)18(22)21-10-4-7-13-6-2-3-8-15(13)21/h2-3,5-6,8-9,11,14,16,19H,4,7,10,12H2,1H3. The van der Waals surface area contributed by atoms with Crippen molar-refractivity contribution in [1.82, 2.24) is 9.03 Å². The van der Waals surface area contributed by atoms with E-state index in [-0.39, 0.29) is 11.9 Å². The van der Waals surface area contributed by atoms with Crippen molar-refractivity contribution in [3.05, 3.63) is 52.2 Å². The molecule has 0 saturated carbocycles. The first kappa shape index (κ1) is 17.7. The maximum Gasteiger partial charge on any atom is 0.280 e. The highest BCUT2D eigenvalue weighted by Crippen LogP contribution is 2.33. The zero-order valence-electron chi connectivity index (χ0n) is 14.5. The molecule has 3 heterocycles. The third-order valence-electron chi connectivity index (χ3n) is 5.12. The third kappa shape index (κ3) is 3.07. The summed E-state index contributed by atoms with van der Waals surface area (Å²) in [4.78, 5) is 16.0. The predicted molar refractivity (Wildman–Crippen MR) is 102 cm³/mol. The molecule has 1 amide bonds. The lowest BCUT2D eigenvalue weighted by Crippen LogP contribution is -2.58. The minimum Gasteiger partial charge on any atom is -0.311 e. The van der Waals surface area contributed by atoms with Crippen molar-refractivity contribution in [1.29, 1.82) is 0 Å². The molecule has 6 nitrogen and oxygen atoms in total. The molecule has 0 aliphatic carbocycles. The van der Waals surface area contributed by atoms with Gasteiger partial charge >= 0.3 is 0 Å². The molecule has 1 N–H and O–H groups in total. The summed E-state index contributed by atoms with van der Waals surface area (Å²) in [5.74, 6) is -0.147. The second-order valence-corrected chi connectivity index (χ2v) is 9.42. The van der Waals surface area contributed by atoms with Crippen molar-refractivity contribution in [2.75, 3.05) is 18.5 Å². The first-order valence-corrected chi connectivity index (χ1v) is 11.0. The molecule has 2 aliphatic heterocycles. The van der Waals surface area contributed by atoms with Crippen molar-refractivity contribution < 1.29 is 13.2 Å². The molecule has 2 atom stereocenters. The molecule has 0 radical (unpaired) electrons. The first-order valence-electron chi connectivity index (χ1n) is 8.65. The van der Waals surface area contributed by atoms with Crippen molar-refractivity contribution >= 4 is 33.1 Å². The van der Waals surface area contributed by atoms with E-state index in [1.54, 1.807) is 4.90 Å². The van der Waals surface area contributed by atoms with Crippen LogP contribution in [0.1, 0.15) is 29.3 Å². The molecular weight excluding hydrogens is 370 g/mol. The van der Waals surface area contributed by atoms with E-state index in [2.05, 4.69) is 4.72 Å². The van der Waals surface area contributed by atoms with E-state index in [0.717, 1.165) is 29.0 Å². The van der Waals surface area contributed by atoms with Gasteiger partial charge in [0.25, 0.3) is 10.2 Å². The van der Waals surface area contributed by atoms with Gasteiger partial charge in [-0.2, -0.15) is 17.4 Å². The second-order valence-electron chi connectivity index (χ2n) is 6.68. The number of likely N-dealkylation sites (N-methyl/N-ethyl adjacent to an activating group) is 1. The highest BCUT2D eigenvalue weighted by molar-refractivity contribution is 7.87. The van der Waals surface area contributed by atoms with Crippen LogP contribution in [0.25, 0.3) is 0 Å². The topological polar surface area (TPSA) is 69.7 Å². The Hall–Kier alpha value is -1.74. The van der Waals surface area contributed by atoms with Crippen LogP contribution in [-0.4, -0.2) is 38.3 Å². The summed E-state index contributed by atoms with van der Waals surface area (Å²) in [6.45, 7) is 0.622. The number of rotatable bonds is 2. The number of fused-ring (bicyclic) bond motifs is 1. The van der Waals surface area contributed by atoms with Gasteiger partial charge in [0, 0.05) is 24.2 Å². The van der Waals surface area contributed by atoms with E-state index in [4.69, 9.17) is 0 Å². The van der Waals surface area contributed by atoms with Crippen molar-refractivity contribution in [3.8, 4) is 0 Å². The number of nitrogens with zero attached hydrogens (tertiary/aromatic N) is 2. The van der Waals surface area contributed by atoms with Gasteiger partial charge in [0.1, 0.15) is 6.04 Å². The Morgan fingerprint density at radius 1 is 1.23 bits per heavy atom. The van der Waals surface area contributed by atoms with E-state index in [0.29, 0.717) is 13.0 Å². The van der Waals surface area contributed by atoms with Crippen LogP contribution < -0.4 is 9.62 Å². The quantitative estimate of drug-likeness (QED) is 0.854. The highest BCUT2D eigenvalue weighted by atomic mass is 32.2. The van der Waals surface area contributed by atoms with Gasteiger partial charge in [0.05, 0.1) is 6.04 Å². The van der Waals surface area contributed by atoms with Crippen LogP contribution in [0.2, 0.25) is 0 Å². The molecule has 138 valence electrons. The average Bonchev–Trinajstić information content (AvgIpc) is 3.17. The molecule has 1 aromatic carbocycles. The number of para-hydroxylation sites is 1. The first-order chi connectivity index (χ1) is 12.5. The fraction of sp³-hybridized carbons (Fsp3) is 0.389. The van der Waals surface area contributed by atoms with Gasteiger partial charge in [-0.1, -0.05) is 24.3 Å². The Kier molecular flexibility index (Phi) is 4.60. The van der Waals surface area contributed by atoms with Crippen LogP contribution >= 0.6 is 11.3 Å². The minimum absolute atomic E-state index is 0.147. The van der Waals surface area contributed by atoms with Gasteiger partial charge in [-0.25, -0.2) is 0 Å². The van der Waals surface area contributed by atoms with Crippen LogP contribution in [-0.2, 0) is 21.4 Å². The van der Waals surface area contributed by atoms with Gasteiger partial charge in [-0.15, -0.1) is 11.3 Å². The number of hydrogen-bond donors (Lipinski definition) is 1. The number of anilines is 1. The second kappa shape index (κ2) is 6.77. The summed E-state index contributed by atoms with van der Waals surface area (Å²) in [5, 5.41) is 1.92. The molecule has 0 spiro atoms. The normalized spacial score (nSPS) is 25.7. The van der Waals surface area contributed by atoms with Gasteiger partial charge in [-0.3, -0.25) is 4.79 Å². The Morgan fingerprint density at radius 2 is 2.04 bits per heavy atom. The smallest absolute Gasteiger partial charge is 0.280 e. The van der Waals surface area contributed by atoms with Gasteiger partial charge in [0.15, 0.2) is 0 Å². The zero-order valence-corrected chi connectivity index (χ0v) is 16.1. The Balaban J connectivity index is 1.66. The molecule has 1 aromatic heterocycles. The van der Waals surface area contributed by atoms with Crippen LogP contribution in [0.15, 0.2) is 41.8 Å². The fourth-order valence-corrected chi connectivity index (χ4v) is 5.84. The zero-order chi connectivity index (χ0) is 18.3. The molecule has 2 aromatic rings. The van der Waals surface area contributed by atoms with E-state index in [1.807, 2.05) is 41.8 Å². The van der Waals surface area contributed by atoms with E-state index < -0.39 is 16.3 Å². The van der Waals surface area contributed by atoms with E-state index >= 15 is 0 Å². The number of benzene rings is 1. The predicted octanol–water partition coefficient (Wildman–Crippen LogP) is 2.31. The number of hydrogen-bond acceptors (Lipinski definition) is 4. The number of aryl methyl sites for hydroxylation is 1. The maximum atomic E-state index is 13.3. The van der Waals surface area contributed by atoms with Crippen molar-refractivity contribution in [2.45, 2.75) is 31.3 Å².